The monoisotopic (exact) mass is 478 g/mol. The second-order valence-electron chi connectivity index (χ2n) is 7.40. The second kappa shape index (κ2) is 12.9. The van der Waals surface area contributed by atoms with Crippen LogP contribution in [0.1, 0.15) is 12.0 Å². The minimum atomic E-state index is -2.36. The van der Waals surface area contributed by atoms with Crippen molar-refractivity contribution in [2.45, 2.75) is 49.3 Å². The van der Waals surface area contributed by atoms with Gasteiger partial charge in [-0.2, -0.15) is 0 Å². The number of ether oxygens (including phenoxy) is 3. The number of carboxylic acids is 1. The number of carboxylic acid groups (broad SMARTS) is 1. The van der Waals surface area contributed by atoms with E-state index in [2.05, 4.69) is 21.3 Å². The Morgan fingerprint density at radius 2 is 2.09 bits per heavy atom. The molecule has 0 saturated carbocycles. The lowest BCUT2D eigenvalue weighted by Crippen LogP contribution is -2.68. The molecule has 5 N–H and O–H groups in total. The third kappa shape index (κ3) is 6.89. The molecule has 0 bridgehead atoms. The van der Waals surface area contributed by atoms with Crippen LogP contribution in [0.2, 0.25) is 0 Å². The first-order valence-electron chi connectivity index (χ1n) is 10.2. The van der Waals surface area contributed by atoms with Gasteiger partial charge in [-0.25, -0.2) is 4.79 Å². The summed E-state index contributed by atoms with van der Waals surface area (Å²) in [6.07, 6.45) is -1.53. The number of aliphatic hydroxyl groups excluding tert-OH is 3. The van der Waals surface area contributed by atoms with Crippen molar-refractivity contribution in [1.82, 2.24) is 5.32 Å². The molecule has 34 heavy (non-hydrogen) atoms. The lowest BCUT2D eigenvalue weighted by atomic mass is 9.88. The number of nitrogens with one attached hydrogen (secondary N) is 1. The molecule has 13 heteroatoms. The Kier molecular flexibility index (Phi) is 10.2. The summed E-state index contributed by atoms with van der Waals surface area (Å²) in [7, 11) is 0. The number of aliphatic hydroxyl groups is 3. The van der Waals surface area contributed by atoms with Gasteiger partial charge in [0.05, 0.1) is 31.4 Å². The first kappa shape index (κ1) is 27.0. The number of carbonyl (C=O) groups is 2. The number of aliphatic carboxylic acids is 1. The molecule has 1 amide bonds. The standard InChI is InChI=1S/C21H26N4O9/c1-2-8-32-15-9-21(20(30)31,33-12-13-6-4-3-5-7-13)34-19(17(15)24-16(28)11-26)18(29)14(27)10-23-25-22/h1,3-7,14-15,17-19,26-27,29H,8-12H2,(H,24,28)(H,30,31)/t14-,15+,17-,18-,19-,21-/m1/s1. The lowest BCUT2D eigenvalue weighted by Gasteiger charge is -2.47. The number of hydrogen-bond donors (Lipinski definition) is 5. The van der Waals surface area contributed by atoms with E-state index >= 15 is 0 Å². The Morgan fingerprint density at radius 3 is 2.68 bits per heavy atom. The normalized spacial score (nSPS) is 25.9. The highest BCUT2D eigenvalue weighted by atomic mass is 16.7. The molecular formula is C21H26N4O9. The molecule has 0 spiro atoms. The van der Waals surface area contributed by atoms with E-state index in [1.165, 1.54) is 0 Å². The predicted molar refractivity (Wildman–Crippen MR) is 115 cm³/mol. The highest BCUT2D eigenvalue weighted by molar-refractivity contribution is 5.78. The van der Waals surface area contributed by atoms with E-state index in [0.717, 1.165) is 0 Å². The summed E-state index contributed by atoms with van der Waals surface area (Å²) >= 11 is 0. The Bertz CT molecular complexity index is 919. The summed E-state index contributed by atoms with van der Waals surface area (Å²) < 4.78 is 16.9. The van der Waals surface area contributed by atoms with E-state index in [1.54, 1.807) is 30.3 Å². The second-order valence-corrected chi connectivity index (χ2v) is 7.40. The average Bonchev–Trinajstić information content (AvgIpc) is 2.85. The Labute approximate surface area is 194 Å². The molecule has 1 aliphatic heterocycles. The van der Waals surface area contributed by atoms with Crippen LogP contribution in [-0.4, -0.2) is 88.3 Å². The third-order valence-corrected chi connectivity index (χ3v) is 5.11. The van der Waals surface area contributed by atoms with E-state index < -0.39 is 67.7 Å². The van der Waals surface area contributed by atoms with Gasteiger partial charge in [0.2, 0.25) is 5.91 Å². The van der Waals surface area contributed by atoms with E-state index in [-0.39, 0.29) is 13.2 Å². The first-order chi connectivity index (χ1) is 16.3. The molecule has 184 valence electrons. The fourth-order valence-electron chi connectivity index (χ4n) is 3.46. The van der Waals surface area contributed by atoms with Gasteiger partial charge < -0.3 is 40.0 Å². The van der Waals surface area contributed by atoms with Gasteiger partial charge in [-0.1, -0.05) is 41.4 Å². The van der Waals surface area contributed by atoms with Crippen LogP contribution in [0.25, 0.3) is 10.4 Å². The van der Waals surface area contributed by atoms with Crippen molar-refractivity contribution >= 4 is 11.9 Å². The number of benzene rings is 1. The van der Waals surface area contributed by atoms with Gasteiger partial charge in [-0.3, -0.25) is 4.79 Å². The van der Waals surface area contributed by atoms with Gasteiger partial charge >= 0.3 is 5.97 Å². The number of hydrogen-bond acceptors (Lipinski definition) is 9. The quantitative estimate of drug-likeness (QED) is 0.111. The molecule has 2 rings (SSSR count). The van der Waals surface area contributed by atoms with E-state index in [1.807, 2.05) is 0 Å². The average molecular weight is 478 g/mol. The van der Waals surface area contributed by atoms with E-state index in [0.29, 0.717) is 5.56 Å². The SMILES string of the molecule is C#CCO[C@H]1C[C@](OCc2ccccc2)(C(=O)O)O[C@@H]([C@H](O)[C@H](O)CN=[N+]=[N-])[C@@H]1NC(=O)CO. The van der Waals surface area contributed by atoms with Crippen molar-refractivity contribution in [3.05, 3.63) is 46.3 Å². The smallest absolute Gasteiger partial charge is 0.364 e. The van der Waals surface area contributed by atoms with Crippen LogP contribution in [0.5, 0.6) is 0 Å². The highest BCUT2D eigenvalue weighted by Crippen LogP contribution is 2.35. The molecule has 1 aliphatic rings. The number of terminal acetylenes is 1. The minimum absolute atomic E-state index is 0.188. The Morgan fingerprint density at radius 1 is 1.38 bits per heavy atom. The zero-order valence-corrected chi connectivity index (χ0v) is 18.1. The molecule has 0 radical (unpaired) electrons. The fourth-order valence-corrected chi connectivity index (χ4v) is 3.46. The zero-order chi connectivity index (χ0) is 25.1. The molecule has 1 heterocycles. The van der Waals surface area contributed by atoms with Gasteiger partial charge in [-0.05, 0) is 11.1 Å². The molecule has 6 atom stereocenters. The van der Waals surface area contributed by atoms with Crippen LogP contribution in [0.4, 0.5) is 0 Å². The largest absolute Gasteiger partial charge is 0.477 e. The van der Waals surface area contributed by atoms with Crippen molar-refractivity contribution < 1.29 is 44.2 Å². The van der Waals surface area contributed by atoms with Crippen LogP contribution in [-0.2, 0) is 30.4 Å². The summed E-state index contributed by atoms with van der Waals surface area (Å²) in [6, 6.07) is 7.37. The zero-order valence-electron chi connectivity index (χ0n) is 18.1. The van der Waals surface area contributed by atoms with Crippen molar-refractivity contribution in [1.29, 1.82) is 0 Å². The van der Waals surface area contributed by atoms with Crippen LogP contribution >= 0.6 is 0 Å². The molecule has 0 unspecified atom stereocenters. The van der Waals surface area contributed by atoms with Crippen molar-refractivity contribution in [3.8, 4) is 12.3 Å². The summed E-state index contributed by atoms with van der Waals surface area (Å²) in [5.41, 5.74) is 9.13. The highest BCUT2D eigenvalue weighted by Gasteiger charge is 2.56. The molecule has 13 nitrogen and oxygen atoms in total. The number of rotatable bonds is 12. The summed E-state index contributed by atoms with van der Waals surface area (Å²) in [5.74, 6) is -2.56. The maximum Gasteiger partial charge on any atom is 0.364 e. The van der Waals surface area contributed by atoms with Gasteiger partial charge in [0.1, 0.15) is 25.4 Å². The number of amides is 1. The Hall–Kier alpha value is -3.21. The van der Waals surface area contributed by atoms with Crippen LogP contribution in [0.3, 0.4) is 0 Å². The number of nitrogens with zero attached hydrogens (tertiary/aromatic N) is 3. The number of carbonyl (C=O) groups excluding carboxylic acids is 1. The molecule has 1 aromatic rings. The van der Waals surface area contributed by atoms with Gasteiger partial charge in [0.25, 0.3) is 5.79 Å². The Balaban J connectivity index is 2.45. The molecule has 1 aromatic carbocycles. The van der Waals surface area contributed by atoms with E-state index in [9.17, 15) is 24.9 Å². The van der Waals surface area contributed by atoms with Gasteiger partial charge in [0, 0.05) is 11.3 Å². The summed E-state index contributed by atoms with van der Waals surface area (Å²) in [5, 5.41) is 45.8. The maximum atomic E-state index is 12.3. The number of azide groups is 1. The molecule has 1 saturated heterocycles. The van der Waals surface area contributed by atoms with E-state index in [4.69, 9.17) is 31.3 Å². The topological polar surface area (TPSA) is 204 Å². The lowest BCUT2D eigenvalue weighted by molar-refractivity contribution is -0.316. The van der Waals surface area contributed by atoms with Gasteiger partial charge in [0.15, 0.2) is 0 Å². The minimum Gasteiger partial charge on any atom is -0.477 e. The molecule has 0 aromatic heterocycles. The maximum absolute atomic E-state index is 12.3. The van der Waals surface area contributed by atoms with Gasteiger partial charge in [-0.15, -0.1) is 6.42 Å². The van der Waals surface area contributed by atoms with Crippen molar-refractivity contribution in [2.24, 2.45) is 5.11 Å². The van der Waals surface area contributed by atoms with Crippen LogP contribution in [0, 0.1) is 12.3 Å². The van der Waals surface area contributed by atoms with Crippen molar-refractivity contribution in [2.75, 3.05) is 19.8 Å². The van der Waals surface area contributed by atoms with Crippen LogP contribution < -0.4 is 5.32 Å². The molecule has 1 fully saturated rings. The summed E-state index contributed by atoms with van der Waals surface area (Å²) in [6.45, 7) is -1.96. The third-order valence-electron chi connectivity index (χ3n) is 5.11. The van der Waals surface area contributed by atoms with Crippen LogP contribution in [0.15, 0.2) is 35.4 Å². The summed E-state index contributed by atoms with van der Waals surface area (Å²) in [4.78, 5) is 26.8. The molecular weight excluding hydrogens is 452 g/mol. The van der Waals surface area contributed by atoms with Crippen molar-refractivity contribution in [3.63, 3.8) is 0 Å². The predicted octanol–water partition coefficient (Wildman–Crippen LogP) is -0.699. The molecule has 0 aliphatic carbocycles. The first-order valence-corrected chi connectivity index (χ1v) is 10.2. The fraction of sp³-hybridized carbons (Fsp3) is 0.524.